The first-order chi connectivity index (χ1) is 13.4. The van der Waals surface area contributed by atoms with Gasteiger partial charge >= 0.3 is 0 Å². The highest BCUT2D eigenvalue weighted by molar-refractivity contribution is 6.39. The van der Waals surface area contributed by atoms with E-state index in [9.17, 15) is 14.4 Å². The van der Waals surface area contributed by atoms with Crippen molar-refractivity contribution in [2.75, 3.05) is 13.1 Å². The molecule has 28 heavy (non-hydrogen) atoms. The molecule has 0 radical (unpaired) electrons. The van der Waals surface area contributed by atoms with Crippen LogP contribution in [-0.4, -0.2) is 47.5 Å². The summed E-state index contributed by atoms with van der Waals surface area (Å²) in [7, 11) is 0. The van der Waals surface area contributed by atoms with Crippen LogP contribution in [0.4, 0.5) is 0 Å². The maximum Gasteiger partial charge on any atom is 0.270 e. The fraction of sp³-hybridized carbons (Fsp3) is 0.524. The molecule has 3 amide bonds. The summed E-state index contributed by atoms with van der Waals surface area (Å²) < 4.78 is 0. The molecule has 1 aromatic carbocycles. The Labute approximate surface area is 165 Å². The van der Waals surface area contributed by atoms with Crippen molar-refractivity contribution in [3.05, 3.63) is 34.9 Å². The molecule has 0 aliphatic carbocycles. The second-order valence-electron chi connectivity index (χ2n) is 7.70. The van der Waals surface area contributed by atoms with Gasteiger partial charge in [0.25, 0.3) is 11.8 Å². The SMILES string of the molecule is CC[C@@H]1CN(C(=O)C2=NNC(=O)CC2)CC[C@@H]1NC(=O)c1ccc(C)cc1C. The summed E-state index contributed by atoms with van der Waals surface area (Å²) in [6.07, 6.45) is 2.25. The highest BCUT2D eigenvalue weighted by atomic mass is 16.2. The Morgan fingerprint density at radius 1 is 1.29 bits per heavy atom. The minimum absolute atomic E-state index is 0.0373. The standard InChI is InChI=1S/C21H28N4O3/c1-4-15-12-25(21(28)18-7-8-19(26)24-23-18)10-9-17(15)22-20(27)16-6-5-13(2)11-14(16)3/h5-6,11,15,17H,4,7-10,12H2,1-3H3,(H,22,27)(H,24,26)/t15-,17+/m1/s1. The molecule has 150 valence electrons. The van der Waals surface area contributed by atoms with Crippen LogP contribution in [0.15, 0.2) is 23.3 Å². The van der Waals surface area contributed by atoms with Crippen LogP contribution < -0.4 is 10.7 Å². The third kappa shape index (κ3) is 4.40. The molecule has 7 heteroatoms. The highest BCUT2D eigenvalue weighted by Gasteiger charge is 2.33. The zero-order chi connectivity index (χ0) is 20.3. The van der Waals surface area contributed by atoms with E-state index in [1.807, 2.05) is 32.0 Å². The van der Waals surface area contributed by atoms with Crippen LogP contribution in [-0.2, 0) is 9.59 Å². The molecule has 0 aromatic heterocycles. The quantitative estimate of drug-likeness (QED) is 0.831. The number of amides is 3. The Balaban J connectivity index is 1.63. The first kappa shape index (κ1) is 20.0. The monoisotopic (exact) mass is 384 g/mol. The van der Waals surface area contributed by atoms with Crippen molar-refractivity contribution in [2.45, 2.75) is 52.5 Å². The number of rotatable bonds is 4. The molecule has 2 aliphatic rings. The van der Waals surface area contributed by atoms with Crippen molar-refractivity contribution in [1.82, 2.24) is 15.6 Å². The Morgan fingerprint density at radius 3 is 2.71 bits per heavy atom. The van der Waals surface area contributed by atoms with Gasteiger partial charge in [-0.15, -0.1) is 0 Å². The molecule has 7 nitrogen and oxygen atoms in total. The van der Waals surface area contributed by atoms with Crippen molar-refractivity contribution >= 4 is 23.4 Å². The summed E-state index contributed by atoms with van der Waals surface area (Å²) in [5.41, 5.74) is 5.60. The largest absolute Gasteiger partial charge is 0.349 e. The predicted octanol–water partition coefficient (Wildman–Crippen LogP) is 1.93. The van der Waals surface area contributed by atoms with Gasteiger partial charge in [0, 0.05) is 37.5 Å². The van der Waals surface area contributed by atoms with E-state index >= 15 is 0 Å². The molecule has 1 saturated heterocycles. The molecule has 2 heterocycles. The maximum absolute atomic E-state index is 12.7. The summed E-state index contributed by atoms with van der Waals surface area (Å²) in [6, 6.07) is 5.87. The summed E-state index contributed by atoms with van der Waals surface area (Å²) >= 11 is 0. The van der Waals surface area contributed by atoms with Gasteiger partial charge in [-0.2, -0.15) is 5.10 Å². The Bertz CT molecular complexity index is 818. The number of carbonyl (C=O) groups is 3. The summed E-state index contributed by atoms with van der Waals surface area (Å²) in [5.74, 6) is -0.139. The molecule has 0 saturated carbocycles. The topological polar surface area (TPSA) is 90.9 Å². The average Bonchev–Trinajstić information content (AvgIpc) is 2.68. The van der Waals surface area contributed by atoms with Gasteiger partial charge < -0.3 is 10.2 Å². The molecule has 0 spiro atoms. The van der Waals surface area contributed by atoms with Crippen LogP contribution >= 0.6 is 0 Å². The van der Waals surface area contributed by atoms with E-state index in [0.717, 1.165) is 17.5 Å². The third-order valence-electron chi connectivity index (χ3n) is 5.64. The van der Waals surface area contributed by atoms with Crippen molar-refractivity contribution in [1.29, 1.82) is 0 Å². The lowest BCUT2D eigenvalue weighted by atomic mass is 9.89. The lowest BCUT2D eigenvalue weighted by Gasteiger charge is -2.39. The number of nitrogens with one attached hydrogen (secondary N) is 2. The third-order valence-corrected chi connectivity index (χ3v) is 5.64. The number of nitrogens with zero attached hydrogens (tertiary/aromatic N) is 2. The van der Waals surface area contributed by atoms with Crippen LogP contribution in [0.1, 0.15) is 54.1 Å². The molecular formula is C21H28N4O3. The number of benzene rings is 1. The Hall–Kier alpha value is -2.70. The summed E-state index contributed by atoms with van der Waals surface area (Å²) in [6.45, 7) is 7.19. The first-order valence-electron chi connectivity index (χ1n) is 9.91. The number of hydrogen-bond donors (Lipinski definition) is 2. The van der Waals surface area contributed by atoms with E-state index in [2.05, 4.69) is 22.8 Å². The Kier molecular flexibility index (Phi) is 6.11. The van der Waals surface area contributed by atoms with Crippen LogP contribution in [0.25, 0.3) is 0 Å². The number of hydrogen-bond acceptors (Lipinski definition) is 4. The second kappa shape index (κ2) is 8.54. The fourth-order valence-corrected chi connectivity index (χ4v) is 3.95. The van der Waals surface area contributed by atoms with Crippen molar-refractivity contribution in [2.24, 2.45) is 11.0 Å². The minimum Gasteiger partial charge on any atom is -0.349 e. The molecule has 2 N–H and O–H groups in total. The maximum atomic E-state index is 12.7. The highest BCUT2D eigenvalue weighted by Crippen LogP contribution is 2.22. The van der Waals surface area contributed by atoms with Gasteiger partial charge in [0.1, 0.15) is 5.71 Å². The number of carbonyl (C=O) groups excluding carboxylic acids is 3. The number of aryl methyl sites for hydroxylation is 2. The fourth-order valence-electron chi connectivity index (χ4n) is 3.95. The number of likely N-dealkylation sites (tertiary alicyclic amines) is 1. The van der Waals surface area contributed by atoms with E-state index in [-0.39, 0.29) is 29.7 Å². The van der Waals surface area contributed by atoms with E-state index in [1.54, 1.807) is 4.90 Å². The number of piperidine rings is 1. The molecular weight excluding hydrogens is 356 g/mol. The lowest BCUT2D eigenvalue weighted by Crippen LogP contribution is -2.54. The van der Waals surface area contributed by atoms with Crippen LogP contribution in [0.2, 0.25) is 0 Å². The van der Waals surface area contributed by atoms with Crippen molar-refractivity contribution < 1.29 is 14.4 Å². The lowest BCUT2D eigenvalue weighted by molar-refractivity contribution is -0.126. The zero-order valence-corrected chi connectivity index (χ0v) is 16.7. The summed E-state index contributed by atoms with van der Waals surface area (Å²) in [4.78, 5) is 38.5. The molecule has 1 fully saturated rings. The van der Waals surface area contributed by atoms with Crippen LogP contribution in [0.5, 0.6) is 0 Å². The van der Waals surface area contributed by atoms with Gasteiger partial charge in [0.15, 0.2) is 0 Å². The zero-order valence-electron chi connectivity index (χ0n) is 16.7. The van der Waals surface area contributed by atoms with Gasteiger partial charge in [-0.3, -0.25) is 14.4 Å². The second-order valence-corrected chi connectivity index (χ2v) is 7.70. The average molecular weight is 384 g/mol. The normalized spacial score (nSPS) is 22.3. The van der Waals surface area contributed by atoms with Crippen molar-refractivity contribution in [3.8, 4) is 0 Å². The first-order valence-corrected chi connectivity index (χ1v) is 9.91. The van der Waals surface area contributed by atoms with Gasteiger partial charge in [0.2, 0.25) is 5.91 Å². The van der Waals surface area contributed by atoms with Gasteiger partial charge in [-0.1, -0.05) is 24.6 Å². The Morgan fingerprint density at radius 2 is 2.07 bits per heavy atom. The minimum atomic E-state index is -0.157. The molecule has 3 rings (SSSR count). The molecule has 2 atom stereocenters. The summed E-state index contributed by atoms with van der Waals surface area (Å²) in [5, 5.41) is 7.09. The van der Waals surface area contributed by atoms with Gasteiger partial charge in [0.05, 0.1) is 0 Å². The van der Waals surface area contributed by atoms with E-state index in [4.69, 9.17) is 0 Å². The molecule has 0 bridgehead atoms. The van der Waals surface area contributed by atoms with E-state index in [1.165, 1.54) is 0 Å². The van der Waals surface area contributed by atoms with Gasteiger partial charge in [-0.25, -0.2) is 5.43 Å². The molecule has 0 unspecified atom stereocenters. The van der Waals surface area contributed by atoms with E-state index in [0.29, 0.717) is 43.6 Å². The van der Waals surface area contributed by atoms with Crippen LogP contribution in [0.3, 0.4) is 0 Å². The van der Waals surface area contributed by atoms with Gasteiger partial charge in [-0.05, 0) is 44.2 Å². The van der Waals surface area contributed by atoms with E-state index < -0.39 is 0 Å². The molecule has 1 aromatic rings. The number of hydrazone groups is 1. The van der Waals surface area contributed by atoms with Crippen molar-refractivity contribution in [3.63, 3.8) is 0 Å². The predicted molar refractivity (Wildman–Crippen MR) is 107 cm³/mol. The van der Waals surface area contributed by atoms with Crippen LogP contribution in [0, 0.1) is 19.8 Å². The smallest absolute Gasteiger partial charge is 0.270 e. The molecule has 2 aliphatic heterocycles.